The van der Waals surface area contributed by atoms with Crippen LogP contribution in [0, 0.1) is 0 Å². The highest BCUT2D eigenvalue weighted by atomic mass is 16.5. The van der Waals surface area contributed by atoms with Gasteiger partial charge in [-0.25, -0.2) is 0 Å². The van der Waals surface area contributed by atoms with Crippen LogP contribution in [-0.2, 0) is 23.7 Å². The van der Waals surface area contributed by atoms with Gasteiger partial charge in [-0.2, -0.15) is 0 Å². The highest BCUT2D eigenvalue weighted by molar-refractivity contribution is 4.59. The molecule has 0 radical (unpaired) electrons. The van der Waals surface area contributed by atoms with Crippen LogP contribution in [0.4, 0.5) is 0 Å². The molecule has 0 aliphatic heterocycles. The predicted molar refractivity (Wildman–Crippen MR) is 103 cm³/mol. The van der Waals surface area contributed by atoms with Gasteiger partial charge in [-0.3, -0.25) is 0 Å². The van der Waals surface area contributed by atoms with E-state index >= 15 is 0 Å². The van der Waals surface area contributed by atoms with Gasteiger partial charge in [0.15, 0.2) is 0 Å². The standard InChI is InChI=1S/C18H40N2O7/c1-23-7-3-8-25-12-6-20-14-18(22)16-27-10-4-9-26-15-17(21)13-19-5-11-24-2/h17-22H,3-16H2,1-2H3. The molecule has 0 saturated carbocycles. The second-order valence-corrected chi connectivity index (χ2v) is 6.17. The van der Waals surface area contributed by atoms with E-state index in [1.54, 1.807) is 14.2 Å². The van der Waals surface area contributed by atoms with E-state index in [-0.39, 0.29) is 6.61 Å². The van der Waals surface area contributed by atoms with E-state index in [0.717, 1.165) is 12.8 Å². The van der Waals surface area contributed by atoms with Gasteiger partial charge in [-0.1, -0.05) is 0 Å². The number of methoxy groups -OCH3 is 2. The van der Waals surface area contributed by atoms with Crippen molar-refractivity contribution in [1.82, 2.24) is 10.6 Å². The maximum absolute atomic E-state index is 9.79. The minimum absolute atomic E-state index is 0.285. The minimum atomic E-state index is -0.542. The fourth-order valence-corrected chi connectivity index (χ4v) is 2.08. The molecule has 0 rings (SSSR count). The Labute approximate surface area is 163 Å². The normalized spacial score (nSPS) is 13.8. The van der Waals surface area contributed by atoms with E-state index in [0.29, 0.717) is 72.4 Å². The van der Waals surface area contributed by atoms with Gasteiger partial charge < -0.3 is 44.5 Å². The number of nitrogens with one attached hydrogen (secondary N) is 2. The third-order valence-electron chi connectivity index (χ3n) is 3.50. The number of ether oxygens (including phenoxy) is 5. The van der Waals surface area contributed by atoms with Crippen molar-refractivity contribution in [3.8, 4) is 0 Å². The van der Waals surface area contributed by atoms with Crippen molar-refractivity contribution in [3.63, 3.8) is 0 Å². The first-order valence-electron chi connectivity index (χ1n) is 9.69. The summed E-state index contributed by atoms with van der Waals surface area (Å²) in [6, 6.07) is 0. The van der Waals surface area contributed by atoms with E-state index in [2.05, 4.69) is 10.6 Å². The molecule has 0 bridgehead atoms. The average molecular weight is 397 g/mol. The second-order valence-electron chi connectivity index (χ2n) is 6.17. The molecule has 0 heterocycles. The quantitative estimate of drug-likeness (QED) is 0.171. The summed E-state index contributed by atoms with van der Waals surface area (Å²) in [7, 11) is 3.31. The first-order chi connectivity index (χ1) is 13.2. The molecule has 0 aromatic heterocycles. The molecule has 2 atom stereocenters. The summed E-state index contributed by atoms with van der Waals surface area (Å²) >= 11 is 0. The largest absolute Gasteiger partial charge is 0.389 e. The lowest BCUT2D eigenvalue weighted by Crippen LogP contribution is -2.33. The SMILES string of the molecule is COCCCOCCNCC(O)COCCCOCC(O)CNCCOC. The van der Waals surface area contributed by atoms with Gasteiger partial charge in [-0.15, -0.1) is 0 Å². The lowest BCUT2D eigenvalue weighted by Gasteiger charge is -2.14. The molecular weight excluding hydrogens is 356 g/mol. The van der Waals surface area contributed by atoms with E-state index in [1.807, 2.05) is 0 Å². The van der Waals surface area contributed by atoms with Gasteiger partial charge in [0, 0.05) is 66.8 Å². The van der Waals surface area contributed by atoms with Gasteiger partial charge in [-0.05, 0) is 12.8 Å². The third-order valence-corrected chi connectivity index (χ3v) is 3.50. The Balaban J connectivity index is 3.23. The Morgan fingerprint density at radius 2 is 1.11 bits per heavy atom. The average Bonchev–Trinajstić information content (AvgIpc) is 2.66. The molecule has 0 aromatic carbocycles. The molecule has 0 saturated heterocycles. The van der Waals surface area contributed by atoms with Crippen LogP contribution in [0.1, 0.15) is 12.8 Å². The van der Waals surface area contributed by atoms with Crippen LogP contribution in [0.2, 0.25) is 0 Å². The lowest BCUT2D eigenvalue weighted by molar-refractivity contribution is 0.00818. The van der Waals surface area contributed by atoms with Crippen LogP contribution < -0.4 is 10.6 Å². The summed E-state index contributed by atoms with van der Waals surface area (Å²) in [5, 5.41) is 25.7. The van der Waals surface area contributed by atoms with Crippen LogP contribution in [0.15, 0.2) is 0 Å². The van der Waals surface area contributed by atoms with Crippen molar-refractivity contribution < 1.29 is 33.9 Å². The van der Waals surface area contributed by atoms with Crippen molar-refractivity contribution in [2.75, 3.05) is 93.3 Å². The molecule has 2 unspecified atom stereocenters. The molecule has 0 spiro atoms. The zero-order valence-corrected chi connectivity index (χ0v) is 17.0. The summed E-state index contributed by atoms with van der Waals surface area (Å²) in [6.45, 7) is 6.60. The maximum Gasteiger partial charge on any atom is 0.0897 e. The van der Waals surface area contributed by atoms with Gasteiger partial charge in [0.05, 0.1) is 38.6 Å². The fourth-order valence-electron chi connectivity index (χ4n) is 2.08. The van der Waals surface area contributed by atoms with Crippen LogP contribution >= 0.6 is 0 Å². The molecule has 4 N–H and O–H groups in total. The smallest absolute Gasteiger partial charge is 0.0897 e. The Hall–Kier alpha value is -0.360. The van der Waals surface area contributed by atoms with Gasteiger partial charge >= 0.3 is 0 Å². The topological polar surface area (TPSA) is 111 Å². The molecule has 164 valence electrons. The monoisotopic (exact) mass is 396 g/mol. The number of aliphatic hydroxyl groups excluding tert-OH is 2. The first kappa shape index (κ1) is 26.6. The molecule has 0 aliphatic rings. The first-order valence-corrected chi connectivity index (χ1v) is 9.69. The molecule has 9 nitrogen and oxygen atoms in total. The fraction of sp³-hybridized carbons (Fsp3) is 1.00. The van der Waals surface area contributed by atoms with Crippen molar-refractivity contribution in [2.45, 2.75) is 25.0 Å². The Morgan fingerprint density at radius 3 is 1.67 bits per heavy atom. The predicted octanol–water partition coefficient (Wildman–Crippen LogP) is -0.990. The summed E-state index contributed by atoms with van der Waals surface area (Å²) in [5.74, 6) is 0. The van der Waals surface area contributed by atoms with Gasteiger partial charge in [0.2, 0.25) is 0 Å². The Bertz CT molecular complexity index is 288. The number of rotatable bonds is 22. The highest BCUT2D eigenvalue weighted by Gasteiger charge is 2.05. The zero-order chi connectivity index (χ0) is 20.0. The summed E-state index contributed by atoms with van der Waals surface area (Å²) in [6.07, 6.45) is 0.541. The van der Waals surface area contributed by atoms with E-state index < -0.39 is 12.2 Å². The van der Waals surface area contributed by atoms with Crippen molar-refractivity contribution >= 4 is 0 Å². The van der Waals surface area contributed by atoms with Crippen LogP contribution in [0.25, 0.3) is 0 Å². The van der Waals surface area contributed by atoms with Crippen molar-refractivity contribution in [1.29, 1.82) is 0 Å². The van der Waals surface area contributed by atoms with Crippen LogP contribution in [-0.4, -0.2) is 116 Å². The molecule has 27 heavy (non-hydrogen) atoms. The van der Waals surface area contributed by atoms with Crippen molar-refractivity contribution in [2.24, 2.45) is 0 Å². The number of hydrogen-bond donors (Lipinski definition) is 4. The molecular formula is C18H40N2O7. The maximum atomic E-state index is 9.79. The summed E-state index contributed by atoms with van der Waals surface area (Å²) in [4.78, 5) is 0. The molecule has 0 fully saturated rings. The molecule has 9 heteroatoms. The molecule has 0 aliphatic carbocycles. The third kappa shape index (κ3) is 21.8. The number of aliphatic hydroxyl groups is 2. The molecule has 0 amide bonds. The zero-order valence-electron chi connectivity index (χ0n) is 17.0. The summed E-state index contributed by atoms with van der Waals surface area (Å²) < 4.78 is 26.0. The number of hydrogen-bond acceptors (Lipinski definition) is 9. The Kier molecular flexibility index (Phi) is 21.6. The van der Waals surface area contributed by atoms with E-state index in [4.69, 9.17) is 23.7 Å². The van der Waals surface area contributed by atoms with Gasteiger partial charge in [0.25, 0.3) is 0 Å². The molecule has 0 aromatic rings. The Morgan fingerprint density at radius 1 is 0.630 bits per heavy atom. The highest BCUT2D eigenvalue weighted by Crippen LogP contribution is 1.91. The second kappa shape index (κ2) is 21.9. The van der Waals surface area contributed by atoms with Crippen LogP contribution in [0.5, 0.6) is 0 Å². The van der Waals surface area contributed by atoms with E-state index in [9.17, 15) is 10.2 Å². The van der Waals surface area contributed by atoms with Crippen LogP contribution in [0.3, 0.4) is 0 Å². The van der Waals surface area contributed by atoms with Crippen molar-refractivity contribution in [3.05, 3.63) is 0 Å². The summed E-state index contributed by atoms with van der Waals surface area (Å²) in [5.41, 5.74) is 0. The van der Waals surface area contributed by atoms with E-state index in [1.165, 1.54) is 0 Å². The minimum Gasteiger partial charge on any atom is -0.389 e. The lowest BCUT2D eigenvalue weighted by atomic mass is 10.3. The van der Waals surface area contributed by atoms with Gasteiger partial charge in [0.1, 0.15) is 0 Å².